The largest absolute Gasteiger partial charge is 0.494 e. The highest BCUT2D eigenvalue weighted by molar-refractivity contribution is 6.62. The van der Waals surface area contributed by atoms with Gasteiger partial charge in [-0.15, -0.1) is 0 Å². The van der Waals surface area contributed by atoms with Crippen LogP contribution in [0.1, 0.15) is 78.9 Å². The molecule has 0 unspecified atom stereocenters. The average Bonchev–Trinajstić information content (AvgIpc) is 3.40. The molecule has 3 rings (SSSR count). The summed E-state index contributed by atoms with van der Waals surface area (Å²) in [6.45, 7) is 14.2. The van der Waals surface area contributed by atoms with E-state index < -0.39 is 30.0 Å². The third kappa shape index (κ3) is 5.42. The number of aryl methyl sites for hydroxylation is 1. The van der Waals surface area contributed by atoms with E-state index in [2.05, 4.69) is 29.6 Å². The number of ether oxygens (including phenoxy) is 1. The topological polar surface area (TPSA) is 80.6 Å². The Labute approximate surface area is 186 Å². The van der Waals surface area contributed by atoms with Gasteiger partial charge in [-0.25, -0.2) is 4.79 Å². The summed E-state index contributed by atoms with van der Waals surface area (Å²) in [4.78, 5) is 11.9. The van der Waals surface area contributed by atoms with Crippen molar-refractivity contribution in [2.45, 2.75) is 96.4 Å². The van der Waals surface area contributed by atoms with Crippen LogP contribution in [0.5, 0.6) is 0 Å². The van der Waals surface area contributed by atoms with Crippen molar-refractivity contribution in [1.29, 1.82) is 5.26 Å². The molecule has 2 aliphatic rings. The number of hydrogen-bond donors (Lipinski definition) is 1. The molecule has 1 heterocycles. The van der Waals surface area contributed by atoms with Crippen molar-refractivity contribution in [2.75, 3.05) is 6.54 Å². The SMILES string of the molecule is CC(C)(C)OC(=O)NCCCc1cc(B2OC(C)(C)C(C)(C)O2)cc(C2(C#N)CC2)c1. The van der Waals surface area contributed by atoms with Crippen LogP contribution in [0.25, 0.3) is 0 Å². The Bertz CT molecular complexity index is 863. The summed E-state index contributed by atoms with van der Waals surface area (Å²) in [5, 5.41) is 12.5. The quantitative estimate of drug-likeness (QED) is 0.550. The molecule has 0 bridgehead atoms. The number of benzene rings is 1. The Balaban J connectivity index is 1.72. The minimum atomic E-state index is -0.508. The van der Waals surface area contributed by atoms with Crippen LogP contribution in [0, 0.1) is 11.3 Å². The Morgan fingerprint density at radius 2 is 1.77 bits per heavy atom. The van der Waals surface area contributed by atoms with Gasteiger partial charge < -0.3 is 19.4 Å². The van der Waals surface area contributed by atoms with Crippen molar-refractivity contribution in [1.82, 2.24) is 5.32 Å². The molecular formula is C24H35BN2O4. The highest BCUT2D eigenvalue weighted by Gasteiger charge is 2.52. The second-order valence-electron chi connectivity index (χ2n) is 10.8. The van der Waals surface area contributed by atoms with Gasteiger partial charge >= 0.3 is 13.2 Å². The van der Waals surface area contributed by atoms with E-state index in [4.69, 9.17) is 14.0 Å². The Morgan fingerprint density at radius 3 is 2.29 bits per heavy atom. The fraction of sp³-hybridized carbons (Fsp3) is 0.667. The molecule has 0 atom stereocenters. The number of nitrogens with zero attached hydrogens (tertiary/aromatic N) is 1. The van der Waals surface area contributed by atoms with Gasteiger partial charge in [0, 0.05) is 6.54 Å². The van der Waals surface area contributed by atoms with Gasteiger partial charge in [0.25, 0.3) is 0 Å². The van der Waals surface area contributed by atoms with E-state index in [1.54, 1.807) is 0 Å². The van der Waals surface area contributed by atoms with Gasteiger partial charge in [0.1, 0.15) is 5.60 Å². The van der Waals surface area contributed by atoms with E-state index in [-0.39, 0.29) is 5.41 Å². The average molecular weight is 426 g/mol. The van der Waals surface area contributed by atoms with Gasteiger partial charge in [-0.2, -0.15) is 5.26 Å². The molecule has 31 heavy (non-hydrogen) atoms. The molecule has 1 aromatic carbocycles. The zero-order valence-electron chi connectivity index (χ0n) is 19.9. The first-order valence-electron chi connectivity index (χ1n) is 11.2. The van der Waals surface area contributed by atoms with Crippen molar-refractivity contribution in [3.63, 3.8) is 0 Å². The van der Waals surface area contributed by atoms with Gasteiger partial charge in [-0.3, -0.25) is 0 Å². The second kappa shape index (κ2) is 8.14. The second-order valence-corrected chi connectivity index (χ2v) is 10.8. The molecule has 1 amide bonds. The molecule has 7 heteroatoms. The maximum absolute atomic E-state index is 11.9. The molecule has 1 saturated heterocycles. The van der Waals surface area contributed by atoms with E-state index in [0.717, 1.165) is 42.3 Å². The normalized spacial score (nSPS) is 20.8. The van der Waals surface area contributed by atoms with Crippen molar-refractivity contribution in [3.05, 3.63) is 29.3 Å². The standard InChI is InChI=1S/C24H35BN2O4/c1-21(2,3)29-20(28)27-12-8-9-17-13-18(24(16-26)10-11-24)15-19(14-17)25-30-22(4,5)23(6,7)31-25/h13-15H,8-12H2,1-7H3,(H,27,28). The van der Waals surface area contributed by atoms with Crippen LogP contribution in [0.3, 0.4) is 0 Å². The lowest BCUT2D eigenvalue weighted by Gasteiger charge is -2.32. The third-order valence-electron chi connectivity index (χ3n) is 6.37. The number of hydrogen-bond acceptors (Lipinski definition) is 5. The van der Waals surface area contributed by atoms with Crippen LogP contribution in [0.4, 0.5) is 4.79 Å². The predicted octanol–water partition coefficient (Wildman–Crippen LogP) is 4.00. The molecule has 1 N–H and O–H groups in total. The number of nitrogens with one attached hydrogen (secondary N) is 1. The van der Waals surface area contributed by atoms with Gasteiger partial charge in [-0.05, 0) is 90.7 Å². The zero-order chi connectivity index (χ0) is 23.1. The fourth-order valence-electron chi connectivity index (χ4n) is 3.64. The van der Waals surface area contributed by atoms with E-state index in [0.29, 0.717) is 6.54 Å². The number of alkyl carbamates (subject to hydrolysis) is 1. The molecule has 1 aromatic rings. The van der Waals surface area contributed by atoms with E-state index in [1.807, 2.05) is 48.5 Å². The minimum absolute atomic E-state index is 0.386. The summed E-state index contributed by atoms with van der Waals surface area (Å²) in [5.74, 6) is 0. The maximum Gasteiger partial charge on any atom is 0.494 e. The Morgan fingerprint density at radius 1 is 1.16 bits per heavy atom. The molecule has 1 aliphatic carbocycles. The van der Waals surface area contributed by atoms with E-state index in [9.17, 15) is 10.1 Å². The lowest BCUT2D eigenvalue weighted by atomic mass is 9.75. The van der Waals surface area contributed by atoms with Gasteiger partial charge in [0.15, 0.2) is 0 Å². The summed E-state index contributed by atoms with van der Waals surface area (Å²) in [6.07, 6.45) is 2.91. The highest BCUT2D eigenvalue weighted by Crippen LogP contribution is 2.47. The summed E-state index contributed by atoms with van der Waals surface area (Å²) in [5.41, 5.74) is 1.38. The van der Waals surface area contributed by atoms with Crippen LogP contribution >= 0.6 is 0 Å². The molecule has 168 valence electrons. The third-order valence-corrected chi connectivity index (χ3v) is 6.37. The van der Waals surface area contributed by atoms with Crippen molar-refractivity contribution in [2.24, 2.45) is 0 Å². The molecule has 1 saturated carbocycles. The van der Waals surface area contributed by atoms with Crippen LogP contribution in [-0.4, -0.2) is 36.6 Å². The first-order valence-corrected chi connectivity index (χ1v) is 11.2. The maximum atomic E-state index is 11.9. The molecule has 1 aliphatic heterocycles. The van der Waals surface area contributed by atoms with Crippen LogP contribution in [0.2, 0.25) is 0 Å². The summed E-state index contributed by atoms with van der Waals surface area (Å²) < 4.78 is 17.8. The van der Waals surface area contributed by atoms with E-state index >= 15 is 0 Å². The van der Waals surface area contributed by atoms with Gasteiger partial charge in [-0.1, -0.05) is 18.2 Å². The smallest absolute Gasteiger partial charge is 0.444 e. The van der Waals surface area contributed by atoms with Crippen LogP contribution in [-0.2, 0) is 25.9 Å². The molecular weight excluding hydrogens is 391 g/mol. The molecule has 0 radical (unpaired) electrons. The first-order chi connectivity index (χ1) is 14.3. The predicted molar refractivity (Wildman–Crippen MR) is 121 cm³/mol. The Hall–Kier alpha value is -2.04. The monoisotopic (exact) mass is 426 g/mol. The summed E-state index contributed by atoms with van der Waals surface area (Å²) in [6, 6.07) is 8.79. The van der Waals surface area contributed by atoms with E-state index in [1.165, 1.54) is 0 Å². The number of amides is 1. The van der Waals surface area contributed by atoms with Gasteiger partial charge in [0.2, 0.25) is 0 Å². The van der Waals surface area contributed by atoms with Crippen molar-refractivity contribution in [3.8, 4) is 6.07 Å². The summed E-state index contributed by atoms with van der Waals surface area (Å²) in [7, 11) is -0.460. The van der Waals surface area contributed by atoms with Crippen molar-refractivity contribution >= 4 is 18.7 Å². The number of carbonyl (C=O) groups is 1. The first kappa shape index (κ1) is 23.6. The summed E-state index contributed by atoms with van der Waals surface area (Å²) >= 11 is 0. The Kier molecular flexibility index (Phi) is 6.21. The molecule has 2 fully saturated rings. The molecule has 0 spiro atoms. The van der Waals surface area contributed by atoms with Crippen LogP contribution in [0.15, 0.2) is 18.2 Å². The number of carbonyl (C=O) groups excluding carboxylic acids is 1. The van der Waals surface area contributed by atoms with Crippen LogP contribution < -0.4 is 10.8 Å². The number of rotatable bonds is 6. The highest BCUT2D eigenvalue weighted by atomic mass is 16.7. The van der Waals surface area contributed by atoms with Crippen molar-refractivity contribution < 1.29 is 18.8 Å². The minimum Gasteiger partial charge on any atom is -0.444 e. The zero-order valence-corrected chi connectivity index (χ0v) is 19.9. The lowest BCUT2D eigenvalue weighted by Crippen LogP contribution is -2.41. The fourth-order valence-corrected chi connectivity index (χ4v) is 3.64. The molecule has 0 aromatic heterocycles. The molecule has 6 nitrogen and oxygen atoms in total. The number of nitriles is 1. The van der Waals surface area contributed by atoms with Gasteiger partial charge in [0.05, 0.1) is 22.7 Å². The lowest BCUT2D eigenvalue weighted by molar-refractivity contribution is 0.00578.